The van der Waals surface area contributed by atoms with Gasteiger partial charge in [0.2, 0.25) is 21.8 Å². The number of nitrogens with zero attached hydrogens (tertiary/aromatic N) is 2. The Morgan fingerprint density at radius 1 is 1.00 bits per heavy atom. The number of benzene rings is 2. The predicted octanol–water partition coefficient (Wildman–Crippen LogP) is 3.02. The van der Waals surface area contributed by atoms with Gasteiger partial charge in [-0.2, -0.15) is 0 Å². The van der Waals surface area contributed by atoms with E-state index in [4.69, 9.17) is 4.74 Å². The van der Waals surface area contributed by atoms with Gasteiger partial charge in [0.25, 0.3) is 0 Å². The van der Waals surface area contributed by atoms with Gasteiger partial charge < -0.3 is 15.0 Å². The number of sulfonamides is 1. The third-order valence-corrected chi connectivity index (χ3v) is 6.48. The molecule has 8 nitrogen and oxygen atoms in total. The number of hydrogen-bond acceptors (Lipinski definition) is 5. The van der Waals surface area contributed by atoms with Crippen molar-refractivity contribution in [1.29, 1.82) is 0 Å². The van der Waals surface area contributed by atoms with Crippen LogP contribution in [-0.4, -0.2) is 57.1 Å². The van der Waals surface area contributed by atoms with Crippen LogP contribution in [0.5, 0.6) is 5.75 Å². The highest BCUT2D eigenvalue weighted by molar-refractivity contribution is 7.92. The Balaban J connectivity index is 2.45. The van der Waals surface area contributed by atoms with Crippen LogP contribution in [0.1, 0.15) is 37.5 Å². The molecule has 9 heteroatoms. The van der Waals surface area contributed by atoms with Gasteiger partial charge in [0, 0.05) is 12.6 Å². The first-order chi connectivity index (χ1) is 15.8. The lowest BCUT2D eigenvalue weighted by Crippen LogP contribution is -2.52. The molecule has 2 aromatic rings. The number of aryl methyl sites for hydroxylation is 2. The zero-order valence-corrected chi connectivity index (χ0v) is 21.8. The first-order valence-corrected chi connectivity index (χ1v) is 13.0. The summed E-state index contributed by atoms with van der Waals surface area (Å²) in [5.74, 6) is -0.477. The number of amides is 2. The third kappa shape index (κ3) is 7.21. The minimum Gasteiger partial charge on any atom is -0.495 e. The first-order valence-electron chi connectivity index (χ1n) is 11.1. The molecule has 0 bridgehead atoms. The molecule has 0 aliphatic rings. The molecular formula is C25H35N3O5S. The van der Waals surface area contributed by atoms with Crippen molar-refractivity contribution in [2.24, 2.45) is 0 Å². The lowest BCUT2D eigenvalue weighted by Gasteiger charge is -2.32. The number of carbonyl (C=O) groups is 2. The van der Waals surface area contributed by atoms with Gasteiger partial charge in [-0.1, -0.05) is 35.9 Å². The van der Waals surface area contributed by atoms with Crippen molar-refractivity contribution in [2.45, 2.75) is 53.2 Å². The van der Waals surface area contributed by atoms with Gasteiger partial charge >= 0.3 is 0 Å². The topological polar surface area (TPSA) is 96.0 Å². The molecule has 1 N–H and O–H groups in total. The van der Waals surface area contributed by atoms with E-state index in [1.165, 1.54) is 12.0 Å². The third-order valence-electron chi connectivity index (χ3n) is 5.35. The molecule has 2 aromatic carbocycles. The lowest BCUT2D eigenvalue weighted by atomic mass is 10.1. The quantitative estimate of drug-likeness (QED) is 0.554. The second-order valence-electron chi connectivity index (χ2n) is 8.79. The number of hydrogen-bond donors (Lipinski definition) is 1. The molecule has 0 aliphatic carbocycles. The monoisotopic (exact) mass is 489 g/mol. The van der Waals surface area contributed by atoms with Crippen LogP contribution < -0.4 is 14.4 Å². The number of carbonyl (C=O) groups excluding carboxylic acids is 2. The van der Waals surface area contributed by atoms with E-state index in [1.807, 2.05) is 52.0 Å². The van der Waals surface area contributed by atoms with Crippen LogP contribution in [0.2, 0.25) is 0 Å². The Kier molecular flexibility index (Phi) is 9.09. The van der Waals surface area contributed by atoms with Gasteiger partial charge in [-0.15, -0.1) is 0 Å². The Hall–Kier alpha value is -3.07. The van der Waals surface area contributed by atoms with Gasteiger partial charge in [-0.05, 0) is 57.9 Å². The summed E-state index contributed by atoms with van der Waals surface area (Å²) in [6, 6.07) is 11.8. The van der Waals surface area contributed by atoms with Crippen LogP contribution in [-0.2, 0) is 26.2 Å². The summed E-state index contributed by atoms with van der Waals surface area (Å²) in [6.07, 6.45) is 1.04. The average Bonchev–Trinajstić information content (AvgIpc) is 2.75. The highest BCUT2D eigenvalue weighted by Gasteiger charge is 2.31. The van der Waals surface area contributed by atoms with Crippen LogP contribution in [0.25, 0.3) is 0 Å². The van der Waals surface area contributed by atoms with Gasteiger partial charge in [0.15, 0.2) is 0 Å². The molecule has 0 radical (unpaired) electrons. The van der Waals surface area contributed by atoms with Crippen LogP contribution in [0.15, 0.2) is 42.5 Å². The fourth-order valence-corrected chi connectivity index (χ4v) is 4.31. The summed E-state index contributed by atoms with van der Waals surface area (Å²) in [7, 11) is -2.39. The standard InChI is InChI=1S/C25H35N3O5S/c1-17(2)26-25(30)20(5)27(15-21-11-8-18(3)9-12-21)24(29)16-28(34(7,31)32)22-14-19(4)10-13-23(22)33-6/h8-14,17,20H,15-16H2,1-7H3,(H,26,30)/t20-/m1/s1. The molecule has 2 rings (SSSR count). The Morgan fingerprint density at radius 2 is 1.59 bits per heavy atom. The highest BCUT2D eigenvalue weighted by Crippen LogP contribution is 2.31. The number of ether oxygens (including phenoxy) is 1. The summed E-state index contributed by atoms with van der Waals surface area (Å²) in [4.78, 5) is 27.8. The van der Waals surface area contributed by atoms with E-state index in [-0.39, 0.29) is 24.2 Å². The smallest absolute Gasteiger partial charge is 0.244 e. The summed E-state index contributed by atoms with van der Waals surface area (Å²) < 4.78 is 31.9. The Bertz CT molecular complexity index is 1110. The minimum atomic E-state index is -3.83. The molecule has 2 amide bonds. The van der Waals surface area contributed by atoms with E-state index in [2.05, 4.69) is 5.32 Å². The fourth-order valence-electron chi connectivity index (χ4n) is 3.47. The van der Waals surface area contributed by atoms with Gasteiger partial charge in [0.05, 0.1) is 19.1 Å². The summed E-state index contributed by atoms with van der Waals surface area (Å²) in [6.45, 7) is 8.80. The minimum absolute atomic E-state index is 0.102. The van der Waals surface area contributed by atoms with Crippen molar-refractivity contribution < 1.29 is 22.7 Å². The molecule has 0 saturated carbocycles. The van der Waals surface area contributed by atoms with Crippen molar-refractivity contribution in [3.05, 3.63) is 59.2 Å². The van der Waals surface area contributed by atoms with Crippen LogP contribution in [0.3, 0.4) is 0 Å². The van der Waals surface area contributed by atoms with E-state index in [1.54, 1.807) is 25.1 Å². The fraction of sp³-hybridized carbons (Fsp3) is 0.440. The molecule has 0 aromatic heterocycles. The normalized spacial score (nSPS) is 12.2. The maximum absolute atomic E-state index is 13.6. The molecule has 186 valence electrons. The number of rotatable bonds is 10. The van der Waals surface area contributed by atoms with E-state index >= 15 is 0 Å². The molecule has 1 atom stereocenters. The van der Waals surface area contributed by atoms with E-state index in [9.17, 15) is 18.0 Å². The Morgan fingerprint density at radius 3 is 2.12 bits per heavy atom. The maximum Gasteiger partial charge on any atom is 0.244 e. The largest absolute Gasteiger partial charge is 0.495 e. The number of methoxy groups -OCH3 is 1. The van der Waals surface area contributed by atoms with Gasteiger partial charge in [-0.3, -0.25) is 13.9 Å². The molecular weight excluding hydrogens is 454 g/mol. The molecule has 34 heavy (non-hydrogen) atoms. The summed E-state index contributed by atoms with van der Waals surface area (Å²) >= 11 is 0. The summed E-state index contributed by atoms with van der Waals surface area (Å²) in [5.41, 5.74) is 3.00. The second kappa shape index (κ2) is 11.4. The van der Waals surface area contributed by atoms with Crippen molar-refractivity contribution >= 4 is 27.5 Å². The van der Waals surface area contributed by atoms with E-state index < -0.39 is 28.5 Å². The summed E-state index contributed by atoms with van der Waals surface area (Å²) in [5, 5.41) is 2.83. The van der Waals surface area contributed by atoms with Crippen molar-refractivity contribution in [2.75, 3.05) is 24.2 Å². The van der Waals surface area contributed by atoms with Crippen molar-refractivity contribution in [3.63, 3.8) is 0 Å². The zero-order chi connectivity index (χ0) is 25.6. The molecule has 0 heterocycles. The predicted molar refractivity (Wildman–Crippen MR) is 134 cm³/mol. The average molecular weight is 490 g/mol. The molecule has 0 unspecified atom stereocenters. The first kappa shape index (κ1) is 27.2. The van der Waals surface area contributed by atoms with Crippen molar-refractivity contribution in [1.82, 2.24) is 10.2 Å². The highest BCUT2D eigenvalue weighted by atomic mass is 32.2. The lowest BCUT2D eigenvalue weighted by molar-refractivity contribution is -0.139. The number of anilines is 1. The van der Waals surface area contributed by atoms with Crippen molar-refractivity contribution in [3.8, 4) is 5.75 Å². The van der Waals surface area contributed by atoms with Crippen LogP contribution in [0.4, 0.5) is 5.69 Å². The molecule has 0 aliphatic heterocycles. The SMILES string of the molecule is COc1ccc(C)cc1N(CC(=O)N(Cc1ccc(C)cc1)[C@H](C)C(=O)NC(C)C)S(C)(=O)=O. The van der Waals surface area contributed by atoms with Crippen LogP contribution in [0, 0.1) is 13.8 Å². The van der Waals surface area contributed by atoms with Gasteiger partial charge in [-0.25, -0.2) is 8.42 Å². The Labute approximate surface area is 202 Å². The zero-order valence-electron chi connectivity index (χ0n) is 21.0. The van der Waals surface area contributed by atoms with E-state index in [0.717, 1.165) is 27.3 Å². The van der Waals surface area contributed by atoms with Crippen LogP contribution >= 0.6 is 0 Å². The number of nitrogens with one attached hydrogen (secondary N) is 1. The maximum atomic E-state index is 13.6. The second-order valence-corrected chi connectivity index (χ2v) is 10.7. The van der Waals surface area contributed by atoms with Gasteiger partial charge in [0.1, 0.15) is 18.3 Å². The molecule has 0 saturated heterocycles. The molecule has 0 spiro atoms. The molecule has 0 fully saturated rings. The van der Waals surface area contributed by atoms with E-state index in [0.29, 0.717) is 5.75 Å².